The van der Waals surface area contributed by atoms with Crippen LogP contribution in [-0.2, 0) is 10.0 Å². The summed E-state index contributed by atoms with van der Waals surface area (Å²) in [4.78, 5) is 11.6. The van der Waals surface area contributed by atoms with E-state index in [1.165, 1.54) is 23.4 Å². The van der Waals surface area contributed by atoms with Crippen LogP contribution in [0.2, 0.25) is 0 Å². The zero-order valence-electron chi connectivity index (χ0n) is 13.7. The van der Waals surface area contributed by atoms with Gasteiger partial charge in [-0.1, -0.05) is 37.3 Å². The zero-order chi connectivity index (χ0) is 17.7. The van der Waals surface area contributed by atoms with Gasteiger partial charge in [-0.05, 0) is 37.6 Å². The van der Waals surface area contributed by atoms with E-state index in [9.17, 15) is 18.3 Å². The second-order valence-electron chi connectivity index (χ2n) is 5.52. The van der Waals surface area contributed by atoms with E-state index in [4.69, 9.17) is 0 Å². The van der Waals surface area contributed by atoms with E-state index in [0.717, 1.165) is 0 Å². The van der Waals surface area contributed by atoms with Gasteiger partial charge < -0.3 is 5.11 Å². The fraction of sp³-hybridized carbons (Fsp3) is 0.278. The molecule has 0 amide bonds. The third-order valence-corrected chi connectivity index (χ3v) is 5.51. The van der Waals surface area contributed by atoms with E-state index in [0.29, 0.717) is 17.7 Å². The van der Waals surface area contributed by atoms with Gasteiger partial charge >= 0.3 is 0 Å². The van der Waals surface area contributed by atoms with E-state index >= 15 is 0 Å². The number of aliphatic hydroxyl groups excluding tert-OH is 1. The fourth-order valence-electron chi connectivity index (χ4n) is 2.26. The number of sulfonamides is 1. The van der Waals surface area contributed by atoms with Crippen LogP contribution in [-0.4, -0.2) is 32.0 Å². The van der Waals surface area contributed by atoms with Crippen LogP contribution in [0.3, 0.4) is 0 Å². The summed E-state index contributed by atoms with van der Waals surface area (Å²) in [5.41, 5.74) is 0.804. The number of para-hydroxylation sites is 1. The van der Waals surface area contributed by atoms with Gasteiger partial charge in [0.1, 0.15) is 0 Å². The van der Waals surface area contributed by atoms with E-state index in [-0.39, 0.29) is 17.2 Å². The Morgan fingerprint density at radius 1 is 1.12 bits per heavy atom. The van der Waals surface area contributed by atoms with E-state index < -0.39 is 16.1 Å². The van der Waals surface area contributed by atoms with Crippen LogP contribution in [0.4, 0.5) is 5.69 Å². The van der Waals surface area contributed by atoms with Crippen LogP contribution in [0.5, 0.6) is 0 Å². The molecule has 0 fully saturated rings. The van der Waals surface area contributed by atoms with Crippen LogP contribution in [0.15, 0.2) is 59.5 Å². The minimum absolute atomic E-state index is 0.0300. The number of benzene rings is 2. The van der Waals surface area contributed by atoms with Gasteiger partial charge in [0.2, 0.25) is 0 Å². The molecule has 2 aromatic carbocycles. The van der Waals surface area contributed by atoms with E-state index in [1.807, 2.05) is 0 Å². The predicted molar refractivity (Wildman–Crippen MR) is 93.7 cm³/mol. The first-order valence-corrected chi connectivity index (χ1v) is 9.17. The molecule has 0 aliphatic carbocycles. The summed E-state index contributed by atoms with van der Waals surface area (Å²) < 4.78 is 27.3. The van der Waals surface area contributed by atoms with Crippen LogP contribution >= 0.6 is 0 Å². The second-order valence-corrected chi connectivity index (χ2v) is 7.38. The number of ketones is 1. The molecule has 0 aromatic heterocycles. The Morgan fingerprint density at radius 2 is 1.79 bits per heavy atom. The highest BCUT2D eigenvalue weighted by Gasteiger charge is 2.27. The van der Waals surface area contributed by atoms with Crippen LogP contribution < -0.4 is 4.31 Å². The summed E-state index contributed by atoms with van der Waals surface area (Å²) in [7, 11) is -3.89. The molecule has 2 aromatic rings. The summed E-state index contributed by atoms with van der Waals surface area (Å²) in [6.07, 6.45) is -0.345. The monoisotopic (exact) mass is 347 g/mol. The fourth-order valence-corrected chi connectivity index (χ4v) is 3.81. The summed E-state index contributed by atoms with van der Waals surface area (Å²) in [5, 5.41) is 9.98. The van der Waals surface area contributed by atoms with E-state index in [1.54, 1.807) is 49.4 Å². The molecule has 128 valence electrons. The third-order valence-electron chi connectivity index (χ3n) is 3.72. The molecule has 5 nitrogen and oxygen atoms in total. The molecule has 0 aliphatic rings. The van der Waals surface area contributed by atoms with Gasteiger partial charge in [0.25, 0.3) is 10.0 Å². The average Bonchev–Trinajstić information content (AvgIpc) is 2.60. The highest BCUT2D eigenvalue weighted by Crippen LogP contribution is 2.25. The Bertz CT molecular complexity index is 803. The highest BCUT2D eigenvalue weighted by atomic mass is 32.2. The number of anilines is 1. The van der Waals surface area contributed by atoms with Gasteiger partial charge in [-0.3, -0.25) is 9.10 Å². The number of hydrogen-bond donors (Lipinski definition) is 1. The van der Waals surface area contributed by atoms with Crippen molar-refractivity contribution in [3.8, 4) is 0 Å². The molecule has 0 heterocycles. The molecule has 0 saturated heterocycles. The molecule has 0 bridgehead atoms. The van der Waals surface area contributed by atoms with Crippen molar-refractivity contribution < 1.29 is 18.3 Å². The van der Waals surface area contributed by atoms with Gasteiger partial charge in [0, 0.05) is 5.56 Å². The Morgan fingerprint density at radius 3 is 2.38 bits per heavy atom. The Hall–Kier alpha value is -2.18. The van der Waals surface area contributed by atoms with Crippen molar-refractivity contribution in [2.45, 2.75) is 31.3 Å². The summed E-state index contributed by atoms with van der Waals surface area (Å²) in [6, 6.07) is 14.6. The lowest BCUT2D eigenvalue weighted by atomic mass is 10.2. The van der Waals surface area contributed by atoms with E-state index in [2.05, 4.69) is 0 Å². The molecule has 0 aliphatic heterocycles. The molecule has 0 saturated carbocycles. The van der Waals surface area contributed by atoms with Gasteiger partial charge in [-0.25, -0.2) is 8.42 Å². The van der Waals surface area contributed by atoms with Crippen LogP contribution in [0.1, 0.15) is 30.6 Å². The molecule has 1 atom stereocenters. The number of carbonyl (C=O) groups is 1. The topological polar surface area (TPSA) is 74.7 Å². The van der Waals surface area contributed by atoms with Crippen molar-refractivity contribution in [3.05, 3.63) is 60.2 Å². The first-order chi connectivity index (χ1) is 11.4. The molecule has 2 rings (SSSR count). The number of hydrogen-bond acceptors (Lipinski definition) is 4. The lowest BCUT2D eigenvalue weighted by Crippen LogP contribution is -2.37. The molecule has 1 unspecified atom stereocenters. The number of rotatable bonds is 7. The first-order valence-electron chi connectivity index (χ1n) is 7.73. The smallest absolute Gasteiger partial charge is 0.264 e. The molecule has 0 radical (unpaired) electrons. The lowest BCUT2D eigenvalue weighted by molar-refractivity contribution is 0.101. The third kappa shape index (κ3) is 4.01. The predicted octanol–water partition coefficient (Wildman–Crippen LogP) is 2.86. The first kappa shape index (κ1) is 18.2. The van der Waals surface area contributed by atoms with Crippen LogP contribution in [0.25, 0.3) is 0 Å². The van der Waals surface area contributed by atoms with Crippen LogP contribution in [0, 0.1) is 0 Å². The van der Waals surface area contributed by atoms with Gasteiger partial charge in [-0.2, -0.15) is 0 Å². The zero-order valence-corrected chi connectivity index (χ0v) is 14.5. The Kier molecular flexibility index (Phi) is 5.75. The molecule has 24 heavy (non-hydrogen) atoms. The minimum Gasteiger partial charge on any atom is -0.391 e. The van der Waals surface area contributed by atoms with Gasteiger partial charge in [0.15, 0.2) is 5.78 Å². The number of nitrogens with zero attached hydrogens (tertiary/aromatic N) is 1. The number of carbonyl (C=O) groups excluding carboxylic acids is 1. The molecule has 0 spiro atoms. The summed E-state index contributed by atoms with van der Waals surface area (Å²) in [5.74, 6) is -0.202. The number of Topliss-reactive ketones (excluding diaryl/α,β-unsaturated/α-hetero) is 1. The van der Waals surface area contributed by atoms with Gasteiger partial charge in [0.05, 0.1) is 23.2 Å². The van der Waals surface area contributed by atoms with Crippen molar-refractivity contribution in [1.82, 2.24) is 0 Å². The maximum Gasteiger partial charge on any atom is 0.264 e. The maximum atomic E-state index is 13.1. The summed E-state index contributed by atoms with van der Waals surface area (Å²) in [6.45, 7) is 3.13. The Balaban J connectivity index is 2.51. The number of aliphatic hydroxyl groups is 1. The molecular weight excluding hydrogens is 326 g/mol. The quantitative estimate of drug-likeness (QED) is 0.782. The standard InChI is InChI=1S/C18H21NO4S/c1-3-17(21)13-19(16-9-5-4-6-10-16)24(22,23)18-11-7-8-15(12-18)14(2)20/h4-12,17,21H,3,13H2,1-2H3. The molecule has 1 N–H and O–H groups in total. The summed E-state index contributed by atoms with van der Waals surface area (Å²) >= 11 is 0. The lowest BCUT2D eigenvalue weighted by Gasteiger charge is -2.26. The molecule has 6 heteroatoms. The van der Waals surface area contributed by atoms with Gasteiger partial charge in [-0.15, -0.1) is 0 Å². The molecular formula is C18H21NO4S. The van der Waals surface area contributed by atoms with Crippen molar-refractivity contribution >= 4 is 21.5 Å². The van der Waals surface area contributed by atoms with Crippen molar-refractivity contribution in [2.24, 2.45) is 0 Å². The minimum atomic E-state index is -3.89. The average molecular weight is 347 g/mol. The van der Waals surface area contributed by atoms with Crippen molar-refractivity contribution in [1.29, 1.82) is 0 Å². The normalized spacial score (nSPS) is 12.6. The highest BCUT2D eigenvalue weighted by molar-refractivity contribution is 7.92. The van der Waals surface area contributed by atoms with Crippen molar-refractivity contribution in [2.75, 3.05) is 10.8 Å². The SMILES string of the molecule is CCC(O)CN(c1ccccc1)S(=O)(=O)c1cccc(C(C)=O)c1. The second kappa shape index (κ2) is 7.59. The maximum absolute atomic E-state index is 13.1. The van der Waals surface area contributed by atoms with Crippen molar-refractivity contribution in [3.63, 3.8) is 0 Å². The largest absolute Gasteiger partial charge is 0.391 e. The Labute approximate surface area is 142 Å².